The number of carbonyl (C=O) groups excluding carboxylic acids is 1. The molecule has 3 rings (SSSR count). The number of benzene rings is 1. The van der Waals surface area contributed by atoms with Gasteiger partial charge in [0.1, 0.15) is 17.2 Å². The predicted molar refractivity (Wildman–Crippen MR) is 113 cm³/mol. The number of oxazole rings is 1. The maximum absolute atomic E-state index is 13.3. The third-order valence-electron chi connectivity index (χ3n) is 4.89. The largest absolute Gasteiger partial charge is 0.497 e. The SMILES string of the molecule is CCN(CCc1nc(C(C)(C)C)c(C)o1)C(=O)c1ccc(OC)cc1-n1nccn1. The van der Waals surface area contributed by atoms with Gasteiger partial charge in [0.05, 0.1) is 30.8 Å². The first kappa shape index (κ1) is 21.5. The van der Waals surface area contributed by atoms with Crippen molar-refractivity contribution in [2.45, 2.75) is 46.5 Å². The molecule has 0 bridgehead atoms. The normalized spacial score (nSPS) is 11.5. The van der Waals surface area contributed by atoms with Crippen molar-refractivity contribution in [2.24, 2.45) is 0 Å². The van der Waals surface area contributed by atoms with Crippen molar-refractivity contribution in [1.29, 1.82) is 0 Å². The quantitative estimate of drug-likeness (QED) is 0.591. The van der Waals surface area contributed by atoms with Crippen LogP contribution in [0.3, 0.4) is 0 Å². The molecule has 8 heteroatoms. The van der Waals surface area contributed by atoms with E-state index in [-0.39, 0.29) is 11.3 Å². The lowest BCUT2D eigenvalue weighted by atomic mass is 9.91. The van der Waals surface area contributed by atoms with Crippen LogP contribution in [0, 0.1) is 6.92 Å². The van der Waals surface area contributed by atoms with Gasteiger partial charge in [-0.1, -0.05) is 20.8 Å². The van der Waals surface area contributed by atoms with Crippen LogP contribution in [0.1, 0.15) is 55.4 Å². The molecule has 160 valence electrons. The minimum absolute atomic E-state index is 0.0825. The Morgan fingerprint density at radius 3 is 2.50 bits per heavy atom. The summed E-state index contributed by atoms with van der Waals surface area (Å²) >= 11 is 0. The number of hydrogen-bond acceptors (Lipinski definition) is 6. The molecule has 30 heavy (non-hydrogen) atoms. The van der Waals surface area contributed by atoms with Crippen molar-refractivity contribution in [3.8, 4) is 11.4 Å². The van der Waals surface area contributed by atoms with Crippen molar-refractivity contribution >= 4 is 5.91 Å². The number of aryl methyl sites for hydroxylation is 1. The van der Waals surface area contributed by atoms with E-state index in [1.54, 1.807) is 42.6 Å². The van der Waals surface area contributed by atoms with Gasteiger partial charge < -0.3 is 14.1 Å². The number of hydrogen-bond donors (Lipinski definition) is 0. The van der Waals surface area contributed by atoms with Crippen molar-refractivity contribution in [3.63, 3.8) is 0 Å². The molecule has 0 atom stereocenters. The Kier molecular flexibility index (Phi) is 6.24. The maximum Gasteiger partial charge on any atom is 0.256 e. The van der Waals surface area contributed by atoms with E-state index in [1.165, 1.54) is 4.80 Å². The Morgan fingerprint density at radius 1 is 1.23 bits per heavy atom. The first-order valence-corrected chi connectivity index (χ1v) is 10.1. The predicted octanol–water partition coefficient (Wildman–Crippen LogP) is 3.57. The molecule has 0 aliphatic heterocycles. The Hall–Kier alpha value is -3.16. The molecule has 0 saturated carbocycles. The van der Waals surface area contributed by atoms with Crippen molar-refractivity contribution in [1.82, 2.24) is 24.9 Å². The van der Waals surface area contributed by atoms with E-state index in [0.29, 0.717) is 42.4 Å². The average molecular weight is 412 g/mol. The van der Waals surface area contributed by atoms with Gasteiger partial charge in [0.15, 0.2) is 5.89 Å². The minimum Gasteiger partial charge on any atom is -0.497 e. The van der Waals surface area contributed by atoms with Gasteiger partial charge in [-0.15, -0.1) is 0 Å². The molecule has 3 aromatic rings. The molecule has 0 saturated heterocycles. The maximum atomic E-state index is 13.3. The summed E-state index contributed by atoms with van der Waals surface area (Å²) in [4.78, 5) is 21.2. The van der Waals surface area contributed by atoms with Crippen LogP contribution in [0.5, 0.6) is 5.75 Å². The van der Waals surface area contributed by atoms with Gasteiger partial charge >= 0.3 is 0 Å². The number of ether oxygens (including phenoxy) is 1. The number of aromatic nitrogens is 4. The number of amides is 1. The number of carbonyl (C=O) groups is 1. The van der Waals surface area contributed by atoms with E-state index in [0.717, 1.165) is 11.5 Å². The zero-order valence-corrected chi connectivity index (χ0v) is 18.5. The number of rotatable bonds is 7. The number of nitrogens with zero attached hydrogens (tertiary/aromatic N) is 5. The highest BCUT2D eigenvalue weighted by molar-refractivity contribution is 5.98. The van der Waals surface area contributed by atoms with Gasteiger partial charge in [-0.25, -0.2) is 4.98 Å². The molecule has 2 heterocycles. The van der Waals surface area contributed by atoms with Gasteiger partial charge in [0.25, 0.3) is 5.91 Å². The van der Waals surface area contributed by atoms with E-state index in [4.69, 9.17) is 9.15 Å². The molecule has 0 unspecified atom stereocenters. The fourth-order valence-corrected chi connectivity index (χ4v) is 3.38. The van der Waals surface area contributed by atoms with E-state index in [2.05, 4.69) is 36.0 Å². The fraction of sp³-hybridized carbons (Fsp3) is 0.455. The summed E-state index contributed by atoms with van der Waals surface area (Å²) in [5, 5.41) is 8.35. The lowest BCUT2D eigenvalue weighted by Crippen LogP contribution is -2.33. The zero-order chi connectivity index (χ0) is 21.9. The molecule has 0 radical (unpaired) electrons. The highest BCUT2D eigenvalue weighted by atomic mass is 16.5. The van der Waals surface area contributed by atoms with Crippen molar-refractivity contribution in [2.75, 3.05) is 20.2 Å². The summed E-state index contributed by atoms with van der Waals surface area (Å²) in [6.07, 6.45) is 3.69. The minimum atomic E-state index is -0.105. The molecule has 1 amide bonds. The van der Waals surface area contributed by atoms with E-state index >= 15 is 0 Å². The molecule has 0 N–H and O–H groups in total. The average Bonchev–Trinajstić information content (AvgIpc) is 3.37. The van der Waals surface area contributed by atoms with Crippen LogP contribution in [0.25, 0.3) is 5.69 Å². The van der Waals surface area contributed by atoms with Crippen LogP contribution >= 0.6 is 0 Å². The van der Waals surface area contributed by atoms with Crippen LogP contribution in [-0.4, -0.2) is 51.0 Å². The summed E-state index contributed by atoms with van der Waals surface area (Å²) in [6, 6.07) is 5.27. The molecule has 0 fully saturated rings. The summed E-state index contributed by atoms with van der Waals surface area (Å²) in [6.45, 7) is 11.3. The second kappa shape index (κ2) is 8.69. The standard InChI is InChI=1S/C22H29N5O3/c1-7-26(13-10-19-25-20(15(2)30-19)22(3,4)5)21(28)17-9-8-16(29-6)14-18(17)27-23-11-12-24-27/h8-9,11-12,14H,7,10,13H2,1-6H3. The third-order valence-corrected chi connectivity index (χ3v) is 4.89. The number of likely N-dealkylation sites (N-methyl/N-ethyl adjacent to an activating group) is 1. The summed E-state index contributed by atoms with van der Waals surface area (Å²) < 4.78 is 11.2. The first-order chi connectivity index (χ1) is 14.2. The van der Waals surface area contributed by atoms with Crippen molar-refractivity contribution in [3.05, 3.63) is 53.5 Å². The highest BCUT2D eigenvalue weighted by Gasteiger charge is 2.24. The van der Waals surface area contributed by atoms with Crippen LogP contribution in [-0.2, 0) is 11.8 Å². The van der Waals surface area contributed by atoms with Gasteiger partial charge in [-0.2, -0.15) is 15.0 Å². The molecule has 0 aliphatic carbocycles. The zero-order valence-electron chi connectivity index (χ0n) is 18.5. The third kappa shape index (κ3) is 4.53. The molecular weight excluding hydrogens is 382 g/mol. The van der Waals surface area contributed by atoms with E-state index in [1.807, 2.05) is 13.8 Å². The van der Waals surface area contributed by atoms with Gasteiger partial charge in [0.2, 0.25) is 0 Å². The second-order valence-corrected chi connectivity index (χ2v) is 8.10. The lowest BCUT2D eigenvalue weighted by molar-refractivity contribution is 0.0763. The monoisotopic (exact) mass is 411 g/mol. The number of methoxy groups -OCH3 is 1. The molecule has 1 aromatic carbocycles. The lowest BCUT2D eigenvalue weighted by Gasteiger charge is -2.21. The second-order valence-electron chi connectivity index (χ2n) is 8.10. The molecule has 0 spiro atoms. The first-order valence-electron chi connectivity index (χ1n) is 10.1. The Balaban J connectivity index is 1.82. The van der Waals surface area contributed by atoms with Crippen molar-refractivity contribution < 1.29 is 13.9 Å². The smallest absolute Gasteiger partial charge is 0.256 e. The van der Waals surface area contributed by atoms with Crippen LogP contribution in [0.15, 0.2) is 35.0 Å². The topological polar surface area (TPSA) is 86.3 Å². The summed E-state index contributed by atoms with van der Waals surface area (Å²) in [5.41, 5.74) is 1.95. The van der Waals surface area contributed by atoms with Gasteiger partial charge in [0, 0.05) is 31.0 Å². The van der Waals surface area contributed by atoms with E-state index in [9.17, 15) is 4.79 Å². The van der Waals surface area contributed by atoms with Crippen LogP contribution in [0.4, 0.5) is 0 Å². The van der Waals surface area contributed by atoms with Crippen LogP contribution in [0.2, 0.25) is 0 Å². The van der Waals surface area contributed by atoms with Gasteiger partial charge in [-0.05, 0) is 26.0 Å². The summed E-state index contributed by atoms with van der Waals surface area (Å²) in [5.74, 6) is 2.00. The highest BCUT2D eigenvalue weighted by Crippen LogP contribution is 2.26. The van der Waals surface area contributed by atoms with Gasteiger partial charge in [-0.3, -0.25) is 4.79 Å². The Morgan fingerprint density at radius 2 is 1.93 bits per heavy atom. The van der Waals surface area contributed by atoms with E-state index < -0.39 is 0 Å². The molecular formula is C22H29N5O3. The summed E-state index contributed by atoms with van der Waals surface area (Å²) in [7, 11) is 1.58. The molecule has 2 aromatic heterocycles. The molecule has 0 aliphatic rings. The molecule has 8 nitrogen and oxygen atoms in total. The fourth-order valence-electron chi connectivity index (χ4n) is 3.38. The Bertz CT molecular complexity index is 1000. The Labute approximate surface area is 176 Å². The van der Waals surface area contributed by atoms with Crippen LogP contribution < -0.4 is 4.74 Å².